The Morgan fingerprint density at radius 3 is 2.76 bits per heavy atom. The maximum Gasteiger partial charge on any atom is 0.328 e. The number of nitrogens with one attached hydrogen (secondary N) is 1. The van der Waals surface area contributed by atoms with Crippen molar-refractivity contribution in [2.75, 3.05) is 13.1 Å². The Morgan fingerprint density at radius 1 is 1.32 bits per heavy atom. The van der Waals surface area contributed by atoms with Gasteiger partial charge in [-0.1, -0.05) is 0 Å². The molecule has 1 aliphatic rings. The summed E-state index contributed by atoms with van der Waals surface area (Å²) >= 11 is 0. The maximum atomic E-state index is 12.7. The van der Waals surface area contributed by atoms with E-state index in [0.29, 0.717) is 35.9 Å². The number of benzene rings is 1. The van der Waals surface area contributed by atoms with Crippen molar-refractivity contribution in [3.8, 4) is 0 Å². The second kappa shape index (κ2) is 6.54. The number of likely N-dealkylation sites (tertiary alicyclic amines) is 1. The van der Waals surface area contributed by atoms with Gasteiger partial charge in [-0.05, 0) is 38.0 Å². The third-order valence-corrected chi connectivity index (χ3v) is 4.60. The molecule has 8 nitrogen and oxygen atoms in total. The molecule has 1 aromatic carbocycles. The second-order valence-electron chi connectivity index (χ2n) is 6.17. The summed E-state index contributed by atoms with van der Waals surface area (Å²) in [4.78, 5) is 52.1. The van der Waals surface area contributed by atoms with Crippen molar-refractivity contribution < 1.29 is 14.7 Å². The Hall–Kier alpha value is -2.90. The van der Waals surface area contributed by atoms with Crippen LogP contribution in [0.5, 0.6) is 0 Å². The molecule has 2 aromatic rings. The quantitative estimate of drug-likeness (QED) is 0.848. The fraction of sp³-hybridized carbons (Fsp3) is 0.412. The molecule has 0 radical (unpaired) electrons. The zero-order valence-corrected chi connectivity index (χ0v) is 13.8. The van der Waals surface area contributed by atoms with Gasteiger partial charge < -0.3 is 15.0 Å². The Morgan fingerprint density at radius 2 is 2.08 bits per heavy atom. The summed E-state index contributed by atoms with van der Waals surface area (Å²) < 4.78 is 1.09. The molecule has 1 amide bonds. The van der Waals surface area contributed by atoms with Crippen molar-refractivity contribution in [3.63, 3.8) is 0 Å². The predicted octanol–water partition coefficient (Wildman–Crippen LogP) is 0.646. The summed E-state index contributed by atoms with van der Waals surface area (Å²) in [5.41, 5.74) is -0.294. The Kier molecular flexibility index (Phi) is 4.43. The van der Waals surface area contributed by atoms with E-state index in [1.807, 2.05) is 0 Å². The SMILES string of the molecule is CCn1c(=O)[nH]c2cc(C(=O)N3CCC[C@H](C(=O)O)C3)ccc2c1=O. The van der Waals surface area contributed by atoms with E-state index in [9.17, 15) is 19.2 Å². The molecular weight excluding hydrogens is 326 g/mol. The van der Waals surface area contributed by atoms with Crippen molar-refractivity contribution in [1.82, 2.24) is 14.5 Å². The molecule has 3 rings (SSSR count). The minimum Gasteiger partial charge on any atom is -0.481 e. The number of hydrogen-bond acceptors (Lipinski definition) is 4. The number of amides is 1. The standard InChI is InChI=1S/C17H19N3O5/c1-2-20-15(22)12-6-5-10(8-13(12)18-17(20)25)14(21)19-7-3-4-11(9-19)16(23)24/h5-6,8,11H,2-4,7,9H2,1H3,(H,18,25)(H,23,24)/t11-/m0/s1. The van der Waals surface area contributed by atoms with E-state index >= 15 is 0 Å². The Balaban J connectivity index is 1.96. The first-order valence-electron chi connectivity index (χ1n) is 8.21. The number of carboxylic acids is 1. The second-order valence-corrected chi connectivity index (χ2v) is 6.17. The normalized spacial score (nSPS) is 17.6. The van der Waals surface area contributed by atoms with Gasteiger partial charge >= 0.3 is 11.7 Å². The van der Waals surface area contributed by atoms with Gasteiger partial charge in [-0.25, -0.2) is 4.79 Å². The summed E-state index contributed by atoms with van der Waals surface area (Å²) in [7, 11) is 0. The molecule has 1 fully saturated rings. The zero-order valence-electron chi connectivity index (χ0n) is 13.8. The number of H-pyrrole nitrogens is 1. The van der Waals surface area contributed by atoms with Crippen LogP contribution in [0.4, 0.5) is 0 Å². The van der Waals surface area contributed by atoms with E-state index in [1.54, 1.807) is 6.92 Å². The van der Waals surface area contributed by atoms with Crippen molar-refractivity contribution in [3.05, 3.63) is 44.6 Å². The highest BCUT2D eigenvalue weighted by Gasteiger charge is 2.28. The van der Waals surface area contributed by atoms with Crippen LogP contribution in [0.2, 0.25) is 0 Å². The molecule has 2 N–H and O–H groups in total. The molecular formula is C17H19N3O5. The van der Waals surface area contributed by atoms with Crippen LogP contribution in [0.3, 0.4) is 0 Å². The number of rotatable bonds is 3. The number of aromatic amines is 1. The number of hydrogen-bond donors (Lipinski definition) is 2. The van der Waals surface area contributed by atoms with Gasteiger partial charge in [0.15, 0.2) is 0 Å². The molecule has 1 aromatic heterocycles. The number of fused-ring (bicyclic) bond motifs is 1. The van der Waals surface area contributed by atoms with Crippen LogP contribution in [0.1, 0.15) is 30.1 Å². The highest BCUT2D eigenvalue weighted by atomic mass is 16.4. The van der Waals surface area contributed by atoms with Gasteiger partial charge in [-0.2, -0.15) is 0 Å². The summed E-state index contributed by atoms with van der Waals surface area (Å²) in [5, 5.41) is 9.48. The lowest BCUT2D eigenvalue weighted by atomic mass is 9.97. The largest absolute Gasteiger partial charge is 0.481 e. The molecule has 1 aliphatic heterocycles. The fourth-order valence-electron chi connectivity index (χ4n) is 3.22. The third-order valence-electron chi connectivity index (χ3n) is 4.60. The summed E-state index contributed by atoms with van der Waals surface area (Å²) in [6.45, 7) is 2.62. The Bertz CT molecular complexity index is 959. The molecule has 0 saturated carbocycles. The lowest BCUT2D eigenvalue weighted by Gasteiger charge is -2.30. The van der Waals surface area contributed by atoms with Crippen molar-refractivity contribution in [2.45, 2.75) is 26.3 Å². The number of piperidine rings is 1. The Labute approximate surface area is 142 Å². The molecule has 25 heavy (non-hydrogen) atoms. The molecule has 1 saturated heterocycles. The van der Waals surface area contributed by atoms with Gasteiger partial charge in [0.2, 0.25) is 0 Å². The lowest BCUT2D eigenvalue weighted by molar-refractivity contribution is -0.143. The molecule has 8 heteroatoms. The third kappa shape index (κ3) is 3.07. The zero-order chi connectivity index (χ0) is 18.1. The van der Waals surface area contributed by atoms with Gasteiger partial charge in [0.05, 0.1) is 16.8 Å². The molecule has 0 bridgehead atoms. The first-order valence-corrected chi connectivity index (χ1v) is 8.21. The predicted molar refractivity (Wildman–Crippen MR) is 90.8 cm³/mol. The average Bonchev–Trinajstić information content (AvgIpc) is 2.61. The number of carbonyl (C=O) groups is 2. The molecule has 1 atom stereocenters. The highest BCUT2D eigenvalue weighted by molar-refractivity contribution is 5.97. The van der Waals surface area contributed by atoms with Crippen LogP contribution >= 0.6 is 0 Å². The molecule has 0 aliphatic carbocycles. The van der Waals surface area contributed by atoms with Crippen molar-refractivity contribution in [2.24, 2.45) is 5.92 Å². The average molecular weight is 345 g/mol. The molecule has 0 spiro atoms. The first kappa shape index (κ1) is 16.9. The van der Waals surface area contributed by atoms with Crippen LogP contribution in [-0.2, 0) is 11.3 Å². The molecule has 2 heterocycles. The van der Waals surface area contributed by atoms with Gasteiger partial charge in [0.1, 0.15) is 0 Å². The topological polar surface area (TPSA) is 112 Å². The van der Waals surface area contributed by atoms with Crippen LogP contribution in [0, 0.1) is 5.92 Å². The number of carboxylic acid groups (broad SMARTS) is 1. The fourth-order valence-corrected chi connectivity index (χ4v) is 3.22. The van der Waals surface area contributed by atoms with E-state index in [2.05, 4.69) is 4.98 Å². The van der Waals surface area contributed by atoms with Gasteiger partial charge in [-0.15, -0.1) is 0 Å². The van der Waals surface area contributed by atoms with E-state index < -0.39 is 23.1 Å². The summed E-state index contributed by atoms with van der Waals surface area (Å²) in [5.74, 6) is -1.76. The van der Waals surface area contributed by atoms with Crippen molar-refractivity contribution >= 4 is 22.8 Å². The minimum atomic E-state index is -0.902. The first-order chi connectivity index (χ1) is 11.9. The van der Waals surface area contributed by atoms with Crippen LogP contribution in [-0.4, -0.2) is 44.5 Å². The van der Waals surface area contributed by atoms with Crippen LogP contribution in [0.15, 0.2) is 27.8 Å². The van der Waals surface area contributed by atoms with Gasteiger partial charge in [0.25, 0.3) is 11.5 Å². The number of aliphatic carboxylic acids is 1. The summed E-state index contributed by atoms with van der Waals surface area (Å²) in [6, 6.07) is 4.53. The maximum absolute atomic E-state index is 12.7. The summed E-state index contributed by atoms with van der Waals surface area (Å²) in [6.07, 6.45) is 1.19. The smallest absolute Gasteiger partial charge is 0.328 e. The van der Waals surface area contributed by atoms with E-state index in [1.165, 1.54) is 23.1 Å². The number of nitrogens with zero attached hydrogens (tertiary/aromatic N) is 2. The van der Waals surface area contributed by atoms with Crippen LogP contribution < -0.4 is 11.2 Å². The van der Waals surface area contributed by atoms with Crippen molar-refractivity contribution in [1.29, 1.82) is 0 Å². The highest BCUT2D eigenvalue weighted by Crippen LogP contribution is 2.20. The van der Waals surface area contributed by atoms with Gasteiger partial charge in [-0.3, -0.25) is 19.0 Å². The molecule has 132 valence electrons. The van der Waals surface area contributed by atoms with E-state index in [4.69, 9.17) is 5.11 Å². The van der Waals surface area contributed by atoms with Gasteiger partial charge in [0, 0.05) is 25.2 Å². The molecule has 0 unspecified atom stereocenters. The van der Waals surface area contributed by atoms with Crippen LogP contribution in [0.25, 0.3) is 10.9 Å². The van der Waals surface area contributed by atoms with E-state index in [0.717, 1.165) is 4.57 Å². The number of carbonyl (C=O) groups excluding carboxylic acids is 1. The van der Waals surface area contributed by atoms with E-state index in [-0.39, 0.29) is 19.0 Å². The lowest BCUT2D eigenvalue weighted by Crippen LogP contribution is -2.42. The minimum absolute atomic E-state index is 0.167. The number of aromatic nitrogens is 2. The monoisotopic (exact) mass is 345 g/mol.